The Hall–Kier alpha value is -3.22. The van der Waals surface area contributed by atoms with E-state index in [4.69, 9.17) is 37.4 Å². The molecule has 2 heterocycles. The minimum atomic E-state index is -4.77. The number of alkyl halides is 3. The Balaban J connectivity index is 2.00. The standard InChI is InChI=1S/C25H25Cl2F3N4O5/c1-4-39-24(36)21-16(11-38-9-8-31-18-10-17(26)32-12-33-18)34-13(2)19(23(35)37-3)20(21)14-6-5-7-15(22(14)27)25(28,29)30/h5-7,10,12,19-20H,4,8-9,11H2,1-3H3,(H,31,32,33). The lowest BCUT2D eigenvalue weighted by Crippen LogP contribution is -2.37. The summed E-state index contributed by atoms with van der Waals surface area (Å²) in [6, 6.07) is 4.82. The summed E-state index contributed by atoms with van der Waals surface area (Å²) in [5.74, 6) is -3.71. The molecule has 1 aromatic heterocycles. The summed E-state index contributed by atoms with van der Waals surface area (Å²) < 4.78 is 56.9. The van der Waals surface area contributed by atoms with Gasteiger partial charge in [-0.1, -0.05) is 35.3 Å². The Morgan fingerprint density at radius 1 is 1.18 bits per heavy atom. The number of aliphatic imine (C=N–C) groups is 1. The van der Waals surface area contributed by atoms with Crippen LogP contribution >= 0.6 is 23.2 Å². The van der Waals surface area contributed by atoms with Crippen LogP contribution in [-0.4, -0.2) is 61.1 Å². The number of hydrogen-bond acceptors (Lipinski definition) is 9. The first kappa shape index (κ1) is 30.3. The molecular formula is C25H25Cl2F3N4O5. The molecule has 1 aliphatic rings. The van der Waals surface area contributed by atoms with Crippen molar-refractivity contribution in [3.05, 3.63) is 63.2 Å². The number of benzene rings is 1. The molecule has 1 N–H and O–H groups in total. The summed E-state index contributed by atoms with van der Waals surface area (Å²) in [7, 11) is 1.13. The molecule has 210 valence electrons. The average molecular weight is 589 g/mol. The SMILES string of the molecule is CCOC(=O)C1=C(COCCNc2cc(Cl)ncn2)N=C(C)C(C(=O)OC)C1c1cccc(C(F)(F)F)c1Cl. The number of aromatic nitrogens is 2. The predicted molar refractivity (Wildman–Crippen MR) is 138 cm³/mol. The van der Waals surface area contributed by atoms with Crippen molar-refractivity contribution < 1.29 is 37.0 Å². The molecular weight excluding hydrogens is 564 g/mol. The maximum atomic E-state index is 13.7. The van der Waals surface area contributed by atoms with Crippen LogP contribution in [0.25, 0.3) is 0 Å². The molecule has 9 nitrogen and oxygen atoms in total. The van der Waals surface area contributed by atoms with Gasteiger partial charge in [-0.15, -0.1) is 0 Å². The van der Waals surface area contributed by atoms with Gasteiger partial charge in [0.05, 0.1) is 48.8 Å². The summed E-state index contributed by atoms with van der Waals surface area (Å²) >= 11 is 12.1. The Kier molecular flexibility index (Phi) is 10.3. The van der Waals surface area contributed by atoms with Gasteiger partial charge in [0, 0.05) is 24.2 Å². The van der Waals surface area contributed by atoms with Crippen molar-refractivity contribution >= 4 is 46.7 Å². The van der Waals surface area contributed by atoms with Crippen molar-refractivity contribution in [3.8, 4) is 0 Å². The molecule has 3 rings (SSSR count). The molecule has 2 aromatic rings. The van der Waals surface area contributed by atoms with E-state index < -0.39 is 40.5 Å². The van der Waals surface area contributed by atoms with Crippen LogP contribution in [-0.2, 0) is 30.0 Å². The van der Waals surface area contributed by atoms with Crippen molar-refractivity contribution in [2.45, 2.75) is 25.9 Å². The molecule has 0 amide bonds. The van der Waals surface area contributed by atoms with Gasteiger partial charge in [0.15, 0.2) is 0 Å². The summed E-state index contributed by atoms with van der Waals surface area (Å²) in [5, 5.41) is 2.60. The second-order valence-corrected chi connectivity index (χ2v) is 8.99. The highest BCUT2D eigenvalue weighted by Gasteiger charge is 2.45. The van der Waals surface area contributed by atoms with Crippen molar-refractivity contribution in [2.75, 3.05) is 38.8 Å². The number of nitrogens with one attached hydrogen (secondary N) is 1. The normalized spacial score (nSPS) is 17.5. The summed E-state index contributed by atoms with van der Waals surface area (Å²) in [5.41, 5.74) is -1.05. The quantitative estimate of drug-likeness (QED) is 0.232. The minimum Gasteiger partial charge on any atom is -0.468 e. The smallest absolute Gasteiger partial charge is 0.417 e. The first-order valence-corrected chi connectivity index (χ1v) is 12.4. The third kappa shape index (κ3) is 7.25. The fourth-order valence-electron chi connectivity index (χ4n) is 4.12. The molecule has 1 aromatic carbocycles. The van der Waals surface area contributed by atoms with Crippen LogP contribution in [0.4, 0.5) is 19.0 Å². The number of halogens is 5. The van der Waals surface area contributed by atoms with Crippen LogP contribution in [0.15, 0.2) is 46.9 Å². The lowest BCUT2D eigenvalue weighted by molar-refractivity contribution is -0.144. The number of nitrogens with zero attached hydrogens (tertiary/aromatic N) is 3. The zero-order chi connectivity index (χ0) is 28.7. The van der Waals surface area contributed by atoms with Crippen LogP contribution in [0.1, 0.15) is 30.9 Å². The Morgan fingerprint density at radius 2 is 1.92 bits per heavy atom. The molecule has 39 heavy (non-hydrogen) atoms. The first-order chi connectivity index (χ1) is 18.5. The van der Waals surface area contributed by atoms with E-state index >= 15 is 0 Å². The highest BCUT2D eigenvalue weighted by atomic mass is 35.5. The van der Waals surface area contributed by atoms with E-state index in [1.54, 1.807) is 6.92 Å². The number of hydrogen-bond donors (Lipinski definition) is 1. The van der Waals surface area contributed by atoms with Gasteiger partial charge in [0.25, 0.3) is 0 Å². The molecule has 14 heteroatoms. The number of methoxy groups -OCH3 is 1. The third-order valence-corrected chi connectivity index (χ3v) is 6.39. The third-order valence-electron chi connectivity index (χ3n) is 5.76. The topological polar surface area (TPSA) is 112 Å². The van der Waals surface area contributed by atoms with Gasteiger partial charge in [-0.05, 0) is 25.5 Å². The van der Waals surface area contributed by atoms with E-state index in [0.29, 0.717) is 12.4 Å². The van der Waals surface area contributed by atoms with Gasteiger partial charge >= 0.3 is 18.1 Å². The molecule has 0 radical (unpaired) electrons. The minimum absolute atomic E-state index is 0.0312. The van der Waals surface area contributed by atoms with E-state index in [1.165, 1.54) is 25.4 Å². The molecule has 1 aliphatic heterocycles. The largest absolute Gasteiger partial charge is 0.468 e. The van der Waals surface area contributed by atoms with Gasteiger partial charge in [-0.3, -0.25) is 9.79 Å². The van der Waals surface area contributed by atoms with E-state index in [-0.39, 0.29) is 47.5 Å². The lowest BCUT2D eigenvalue weighted by atomic mass is 9.75. The maximum absolute atomic E-state index is 13.7. The molecule has 0 bridgehead atoms. The summed E-state index contributed by atoms with van der Waals surface area (Å²) in [4.78, 5) is 38.2. The maximum Gasteiger partial charge on any atom is 0.417 e. The van der Waals surface area contributed by atoms with Gasteiger partial charge in [0.2, 0.25) is 0 Å². The number of ether oxygens (including phenoxy) is 3. The van der Waals surface area contributed by atoms with Crippen LogP contribution in [0.2, 0.25) is 10.2 Å². The summed E-state index contributed by atoms with van der Waals surface area (Å²) in [6.45, 7) is 3.27. The van der Waals surface area contributed by atoms with Crippen molar-refractivity contribution in [1.82, 2.24) is 9.97 Å². The van der Waals surface area contributed by atoms with Gasteiger partial charge in [-0.25, -0.2) is 14.8 Å². The number of rotatable bonds is 10. The van der Waals surface area contributed by atoms with Crippen LogP contribution in [0, 0.1) is 5.92 Å². The Labute approximate surface area is 232 Å². The molecule has 0 aliphatic carbocycles. The lowest BCUT2D eigenvalue weighted by Gasteiger charge is -2.32. The van der Waals surface area contributed by atoms with Crippen molar-refractivity contribution in [1.29, 1.82) is 0 Å². The monoisotopic (exact) mass is 588 g/mol. The molecule has 0 saturated heterocycles. The van der Waals surface area contributed by atoms with Crippen LogP contribution in [0.5, 0.6) is 0 Å². The second kappa shape index (κ2) is 13.2. The summed E-state index contributed by atoms with van der Waals surface area (Å²) in [6.07, 6.45) is -3.48. The van der Waals surface area contributed by atoms with E-state index in [2.05, 4.69) is 20.3 Å². The predicted octanol–water partition coefficient (Wildman–Crippen LogP) is 5.10. The van der Waals surface area contributed by atoms with E-state index in [9.17, 15) is 22.8 Å². The highest BCUT2D eigenvalue weighted by molar-refractivity contribution is 6.32. The van der Waals surface area contributed by atoms with Gasteiger partial charge < -0.3 is 19.5 Å². The molecule has 2 unspecified atom stereocenters. The number of esters is 2. The van der Waals surface area contributed by atoms with Gasteiger partial charge in [-0.2, -0.15) is 13.2 Å². The number of carbonyl (C=O) groups is 2. The zero-order valence-electron chi connectivity index (χ0n) is 21.1. The highest BCUT2D eigenvalue weighted by Crippen LogP contribution is 2.46. The molecule has 0 fully saturated rings. The molecule has 0 spiro atoms. The molecule has 0 saturated carbocycles. The van der Waals surface area contributed by atoms with Crippen LogP contribution < -0.4 is 5.32 Å². The van der Waals surface area contributed by atoms with E-state index in [0.717, 1.165) is 19.2 Å². The Bertz CT molecular complexity index is 1290. The second-order valence-electron chi connectivity index (χ2n) is 8.22. The first-order valence-electron chi connectivity index (χ1n) is 11.7. The Morgan fingerprint density at radius 3 is 2.56 bits per heavy atom. The zero-order valence-corrected chi connectivity index (χ0v) is 22.7. The fraction of sp³-hybridized carbons (Fsp3) is 0.400. The number of anilines is 1. The van der Waals surface area contributed by atoms with Crippen molar-refractivity contribution in [3.63, 3.8) is 0 Å². The van der Waals surface area contributed by atoms with Crippen LogP contribution in [0.3, 0.4) is 0 Å². The van der Waals surface area contributed by atoms with E-state index in [1.807, 2.05) is 0 Å². The average Bonchev–Trinajstić information content (AvgIpc) is 2.87. The molecule has 2 atom stereocenters. The number of carbonyl (C=O) groups excluding carboxylic acids is 2. The van der Waals surface area contributed by atoms with Gasteiger partial charge in [0.1, 0.15) is 23.2 Å². The fourth-order valence-corrected chi connectivity index (χ4v) is 4.62. The van der Waals surface area contributed by atoms with Crippen molar-refractivity contribution in [2.24, 2.45) is 10.9 Å².